The number of ether oxygens (including phenoxy) is 1. The molecule has 3 aromatic rings. The summed E-state index contributed by atoms with van der Waals surface area (Å²) < 4.78 is 10.9. The van der Waals surface area contributed by atoms with Crippen LogP contribution in [0.5, 0.6) is 11.5 Å². The van der Waals surface area contributed by atoms with Crippen molar-refractivity contribution in [1.29, 1.82) is 0 Å². The third-order valence-electron chi connectivity index (χ3n) is 4.52. The summed E-state index contributed by atoms with van der Waals surface area (Å²) in [6.45, 7) is 3.12. The number of benzene rings is 2. The second-order valence-electron chi connectivity index (χ2n) is 6.40. The number of aryl methyl sites for hydroxylation is 1. The minimum Gasteiger partial charge on any atom is -0.504 e. The molecule has 0 fully saturated rings. The van der Waals surface area contributed by atoms with Gasteiger partial charge in [-0.2, -0.15) is 0 Å². The summed E-state index contributed by atoms with van der Waals surface area (Å²) in [4.78, 5) is 14.3. The van der Waals surface area contributed by atoms with Crippen molar-refractivity contribution >= 4 is 5.91 Å². The van der Waals surface area contributed by atoms with E-state index in [1.807, 2.05) is 37.3 Å². The minimum absolute atomic E-state index is 0.0883. The smallest absolute Gasteiger partial charge is 0.289 e. The Bertz CT molecular complexity index is 929. The van der Waals surface area contributed by atoms with Crippen LogP contribution in [0.25, 0.3) is 11.1 Å². The molecule has 2 heterocycles. The third kappa shape index (κ3) is 3.04. The van der Waals surface area contributed by atoms with Crippen molar-refractivity contribution in [3.63, 3.8) is 0 Å². The van der Waals surface area contributed by atoms with Crippen LogP contribution in [0.3, 0.4) is 0 Å². The van der Waals surface area contributed by atoms with E-state index in [2.05, 4.69) is 0 Å². The van der Waals surface area contributed by atoms with Crippen LogP contribution in [-0.2, 0) is 6.54 Å². The monoisotopic (exact) mass is 349 g/mol. The van der Waals surface area contributed by atoms with E-state index >= 15 is 0 Å². The third-order valence-corrected chi connectivity index (χ3v) is 4.52. The Morgan fingerprint density at radius 3 is 2.65 bits per heavy atom. The zero-order valence-corrected chi connectivity index (χ0v) is 14.4. The van der Waals surface area contributed by atoms with Gasteiger partial charge in [-0.05, 0) is 42.3 Å². The Labute approximate surface area is 151 Å². The molecule has 5 heteroatoms. The van der Waals surface area contributed by atoms with E-state index in [1.54, 1.807) is 23.1 Å². The van der Waals surface area contributed by atoms with Gasteiger partial charge < -0.3 is 19.2 Å². The number of carbonyl (C=O) groups excluding carboxylic acids is 1. The second kappa shape index (κ2) is 6.59. The zero-order valence-electron chi connectivity index (χ0n) is 14.4. The van der Waals surface area contributed by atoms with Crippen LogP contribution < -0.4 is 4.74 Å². The number of aromatic hydroxyl groups is 1. The molecule has 0 unspecified atom stereocenters. The van der Waals surface area contributed by atoms with E-state index in [-0.39, 0.29) is 11.7 Å². The Morgan fingerprint density at radius 2 is 1.92 bits per heavy atom. The molecule has 0 bridgehead atoms. The molecule has 1 N–H and O–H groups in total. The first kappa shape index (κ1) is 16.3. The van der Waals surface area contributed by atoms with Gasteiger partial charge in [0.15, 0.2) is 17.3 Å². The average molecular weight is 349 g/mol. The van der Waals surface area contributed by atoms with Crippen molar-refractivity contribution < 1.29 is 19.1 Å². The molecular weight excluding hydrogens is 330 g/mol. The Morgan fingerprint density at radius 1 is 1.12 bits per heavy atom. The van der Waals surface area contributed by atoms with Crippen molar-refractivity contribution in [2.45, 2.75) is 13.5 Å². The van der Waals surface area contributed by atoms with Crippen LogP contribution in [0.4, 0.5) is 0 Å². The molecule has 0 aliphatic carbocycles. The van der Waals surface area contributed by atoms with E-state index in [0.717, 1.165) is 16.7 Å². The topological polar surface area (TPSA) is 62.9 Å². The van der Waals surface area contributed by atoms with Crippen LogP contribution in [0.15, 0.2) is 59.2 Å². The number of hydrogen-bond acceptors (Lipinski definition) is 4. The molecule has 1 aromatic heterocycles. The number of carbonyl (C=O) groups is 1. The molecule has 0 saturated carbocycles. The fourth-order valence-corrected chi connectivity index (χ4v) is 3.14. The maximum atomic E-state index is 12.6. The molecule has 2 aromatic carbocycles. The normalized spacial score (nSPS) is 13.7. The number of nitrogens with zero attached hydrogens (tertiary/aromatic N) is 1. The lowest BCUT2D eigenvalue weighted by Crippen LogP contribution is -2.32. The van der Waals surface area contributed by atoms with Gasteiger partial charge in [0.1, 0.15) is 6.61 Å². The number of hydrogen-bond donors (Lipinski definition) is 1. The van der Waals surface area contributed by atoms with E-state index in [1.165, 1.54) is 11.8 Å². The molecule has 1 amide bonds. The molecule has 1 aliphatic rings. The van der Waals surface area contributed by atoms with Crippen LogP contribution in [-0.4, -0.2) is 29.1 Å². The first-order valence-electron chi connectivity index (χ1n) is 8.50. The maximum Gasteiger partial charge on any atom is 0.289 e. The second-order valence-corrected chi connectivity index (χ2v) is 6.40. The van der Waals surface area contributed by atoms with Gasteiger partial charge in [-0.25, -0.2) is 0 Å². The van der Waals surface area contributed by atoms with E-state index in [9.17, 15) is 9.90 Å². The van der Waals surface area contributed by atoms with Crippen molar-refractivity contribution in [2.75, 3.05) is 13.2 Å². The molecule has 26 heavy (non-hydrogen) atoms. The van der Waals surface area contributed by atoms with Gasteiger partial charge >= 0.3 is 0 Å². The SMILES string of the molecule is Cc1ccc(-c2cc(O)c3c(c2)CN(C(=O)c2ccco2)CCO3)cc1. The van der Waals surface area contributed by atoms with Crippen LogP contribution >= 0.6 is 0 Å². The lowest BCUT2D eigenvalue weighted by Gasteiger charge is -2.18. The number of amides is 1. The molecule has 0 atom stereocenters. The number of furan rings is 1. The lowest BCUT2D eigenvalue weighted by atomic mass is 10.0. The molecule has 5 nitrogen and oxygen atoms in total. The van der Waals surface area contributed by atoms with Crippen LogP contribution in [0.1, 0.15) is 21.7 Å². The van der Waals surface area contributed by atoms with Crippen LogP contribution in [0.2, 0.25) is 0 Å². The van der Waals surface area contributed by atoms with E-state index in [4.69, 9.17) is 9.15 Å². The standard InChI is InChI=1S/C21H19NO4/c1-14-4-6-15(7-5-14)16-11-17-13-22(21(24)19-3-2-9-25-19)8-10-26-20(17)18(23)12-16/h2-7,9,11-12,23H,8,10,13H2,1H3. The quantitative estimate of drug-likeness (QED) is 0.760. The largest absolute Gasteiger partial charge is 0.504 e. The van der Waals surface area contributed by atoms with Crippen molar-refractivity contribution in [3.8, 4) is 22.6 Å². The van der Waals surface area contributed by atoms with Gasteiger partial charge in [-0.3, -0.25) is 4.79 Å². The minimum atomic E-state index is -0.188. The number of fused-ring (bicyclic) bond motifs is 1. The van der Waals surface area contributed by atoms with Gasteiger partial charge in [-0.1, -0.05) is 29.8 Å². The summed E-state index contributed by atoms with van der Waals surface area (Å²) in [5.74, 6) is 0.639. The molecule has 132 valence electrons. The molecule has 0 radical (unpaired) electrons. The molecule has 4 rings (SSSR count). The first-order valence-corrected chi connectivity index (χ1v) is 8.50. The fraction of sp³-hybridized carbons (Fsp3) is 0.190. The predicted octanol–water partition coefficient (Wildman–Crippen LogP) is 4.00. The highest BCUT2D eigenvalue weighted by atomic mass is 16.5. The average Bonchev–Trinajstić information content (AvgIpc) is 3.08. The van der Waals surface area contributed by atoms with Gasteiger partial charge in [0.05, 0.1) is 19.4 Å². The Balaban J connectivity index is 1.69. The van der Waals surface area contributed by atoms with Crippen molar-refractivity contribution in [2.24, 2.45) is 0 Å². The predicted molar refractivity (Wildman–Crippen MR) is 97.2 cm³/mol. The summed E-state index contributed by atoms with van der Waals surface area (Å²) >= 11 is 0. The molecular formula is C21H19NO4. The van der Waals surface area contributed by atoms with Gasteiger partial charge in [-0.15, -0.1) is 0 Å². The highest BCUT2D eigenvalue weighted by Gasteiger charge is 2.25. The van der Waals surface area contributed by atoms with Crippen molar-refractivity contribution in [3.05, 3.63) is 71.7 Å². The summed E-state index contributed by atoms with van der Waals surface area (Å²) in [6.07, 6.45) is 1.48. The number of phenols is 1. The Kier molecular flexibility index (Phi) is 4.13. The summed E-state index contributed by atoms with van der Waals surface area (Å²) in [7, 11) is 0. The number of rotatable bonds is 2. The number of phenolic OH excluding ortho intramolecular Hbond substituents is 1. The highest BCUT2D eigenvalue weighted by molar-refractivity contribution is 5.91. The van der Waals surface area contributed by atoms with Gasteiger partial charge in [0.25, 0.3) is 5.91 Å². The summed E-state index contributed by atoms with van der Waals surface area (Å²) in [5, 5.41) is 10.4. The zero-order chi connectivity index (χ0) is 18.1. The van der Waals surface area contributed by atoms with E-state index < -0.39 is 0 Å². The fourth-order valence-electron chi connectivity index (χ4n) is 3.14. The Hall–Kier alpha value is -3.21. The summed E-state index contributed by atoms with van der Waals surface area (Å²) in [6, 6.07) is 15.1. The highest BCUT2D eigenvalue weighted by Crippen LogP contribution is 2.37. The van der Waals surface area contributed by atoms with Crippen LogP contribution in [0, 0.1) is 6.92 Å². The summed E-state index contributed by atoms with van der Waals surface area (Å²) in [5.41, 5.74) is 3.84. The first-order chi connectivity index (χ1) is 12.6. The van der Waals surface area contributed by atoms with Gasteiger partial charge in [0, 0.05) is 5.56 Å². The lowest BCUT2D eigenvalue weighted by molar-refractivity contribution is 0.0701. The molecule has 1 aliphatic heterocycles. The van der Waals surface area contributed by atoms with E-state index in [0.29, 0.717) is 31.2 Å². The van der Waals surface area contributed by atoms with Gasteiger partial charge in [0.2, 0.25) is 0 Å². The molecule has 0 spiro atoms. The van der Waals surface area contributed by atoms with Crippen molar-refractivity contribution in [1.82, 2.24) is 4.90 Å². The maximum absolute atomic E-state index is 12.6. The molecule has 0 saturated heterocycles.